The Labute approximate surface area is 118 Å². The molecule has 5 heteroatoms. The molecule has 108 valence electrons. The van der Waals surface area contributed by atoms with E-state index < -0.39 is 6.09 Å². The van der Waals surface area contributed by atoms with Crippen LogP contribution in [0.25, 0.3) is 0 Å². The van der Waals surface area contributed by atoms with Crippen LogP contribution in [0.2, 0.25) is 0 Å². The van der Waals surface area contributed by atoms with E-state index in [1.54, 1.807) is 19.1 Å². The number of unbranched alkanes of at least 4 members (excludes halogenated alkanes) is 1. The predicted molar refractivity (Wildman–Crippen MR) is 74.8 cm³/mol. The minimum Gasteiger partial charge on any atom is -0.454 e. The molecule has 0 aromatic heterocycles. The van der Waals surface area contributed by atoms with Gasteiger partial charge >= 0.3 is 12.1 Å². The molecule has 1 aromatic rings. The van der Waals surface area contributed by atoms with Gasteiger partial charge in [0, 0.05) is 11.3 Å². The highest BCUT2D eigenvalue weighted by Gasteiger charge is 2.30. The van der Waals surface area contributed by atoms with Crippen LogP contribution in [0.1, 0.15) is 55.1 Å². The average Bonchev–Trinajstić information content (AvgIpc) is 2.73. The van der Waals surface area contributed by atoms with E-state index in [1.807, 2.05) is 6.07 Å². The summed E-state index contributed by atoms with van der Waals surface area (Å²) >= 11 is 0. The number of fused-ring (bicyclic) bond motifs is 1. The molecule has 1 aromatic carbocycles. The highest BCUT2D eigenvalue weighted by atomic mass is 16.6. The molecule has 20 heavy (non-hydrogen) atoms. The summed E-state index contributed by atoms with van der Waals surface area (Å²) in [4.78, 5) is 23.2. The van der Waals surface area contributed by atoms with Gasteiger partial charge in [0.2, 0.25) is 0 Å². The molecule has 1 aliphatic rings. The Balaban J connectivity index is 2.13. The van der Waals surface area contributed by atoms with E-state index in [0.29, 0.717) is 17.9 Å². The minimum absolute atomic E-state index is 0.158. The number of esters is 1. The van der Waals surface area contributed by atoms with Crippen LogP contribution in [-0.4, -0.2) is 18.7 Å². The van der Waals surface area contributed by atoms with Crippen molar-refractivity contribution in [2.24, 2.45) is 0 Å². The minimum atomic E-state index is -0.527. The summed E-state index contributed by atoms with van der Waals surface area (Å²) in [6, 6.07) is 5.24. The zero-order chi connectivity index (χ0) is 14.5. The molecule has 1 aliphatic heterocycles. The highest BCUT2D eigenvalue weighted by Crippen LogP contribution is 2.35. The van der Waals surface area contributed by atoms with E-state index in [9.17, 15) is 9.59 Å². The Kier molecular flexibility index (Phi) is 4.61. The molecule has 0 spiro atoms. The summed E-state index contributed by atoms with van der Waals surface area (Å²) in [5.74, 6) is -0.325. The molecule has 1 heterocycles. The van der Waals surface area contributed by atoms with Crippen LogP contribution in [0.4, 0.5) is 10.5 Å². The van der Waals surface area contributed by atoms with Crippen LogP contribution >= 0.6 is 0 Å². The first kappa shape index (κ1) is 14.4. The van der Waals surface area contributed by atoms with Gasteiger partial charge in [-0.15, -0.1) is 0 Å². The summed E-state index contributed by atoms with van der Waals surface area (Å²) in [6.07, 6.45) is 2.22. The van der Waals surface area contributed by atoms with Crippen molar-refractivity contribution in [1.82, 2.24) is 0 Å². The lowest BCUT2D eigenvalue weighted by Gasteiger charge is -2.10. The number of hydrogen-bond acceptors (Lipinski definition) is 4. The molecule has 1 amide bonds. The van der Waals surface area contributed by atoms with Gasteiger partial charge in [0.1, 0.15) is 6.10 Å². The van der Waals surface area contributed by atoms with E-state index in [1.165, 1.54) is 0 Å². The number of nitrogens with one attached hydrogen (secondary N) is 1. The van der Waals surface area contributed by atoms with E-state index in [4.69, 9.17) is 9.47 Å². The fourth-order valence-corrected chi connectivity index (χ4v) is 2.24. The van der Waals surface area contributed by atoms with Crippen LogP contribution < -0.4 is 5.32 Å². The summed E-state index contributed by atoms with van der Waals surface area (Å²) in [7, 11) is 0. The Morgan fingerprint density at radius 3 is 2.90 bits per heavy atom. The highest BCUT2D eigenvalue weighted by molar-refractivity contribution is 5.96. The number of carbonyl (C=O) groups excluding carboxylic acids is 2. The van der Waals surface area contributed by atoms with Gasteiger partial charge in [-0.25, -0.2) is 9.59 Å². The lowest BCUT2D eigenvalue weighted by molar-refractivity contribution is 0.0364. The molecule has 0 saturated carbocycles. The average molecular weight is 277 g/mol. The van der Waals surface area contributed by atoms with E-state index in [-0.39, 0.29) is 12.1 Å². The van der Waals surface area contributed by atoms with E-state index in [0.717, 1.165) is 24.8 Å². The second-order valence-corrected chi connectivity index (χ2v) is 4.68. The molecule has 0 bridgehead atoms. The van der Waals surface area contributed by atoms with Crippen LogP contribution in [0.5, 0.6) is 0 Å². The third-order valence-electron chi connectivity index (χ3n) is 3.21. The second kappa shape index (κ2) is 6.41. The summed E-state index contributed by atoms with van der Waals surface area (Å²) < 4.78 is 10.2. The second-order valence-electron chi connectivity index (χ2n) is 4.68. The van der Waals surface area contributed by atoms with Gasteiger partial charge in [0.15, 0.2) is 0 Å². The lowest BCUT2D eigenvalue weighted by atomic mass is 10.0. The number of amides is 1. The van der Waals surface area contributed by atoms with Crippen molar-refractivity contribution in [2.45, 2.75) is 39.2 Å². The lowest BCUT2D eigenvalue weighted by Crippen LogP contribution is -2.13. The number of benzene rings is 1. The molecule has 0 fully saturated rings. The maximum atomic E-state index is 11.8. The van der Waals surface area contributed by atoms with Gasteiger partial charge in [0.05, 0.1) is 12.2 Å². The van der Waals surface area contributed by atoms with Gasteiger partial charge in [-0.2, -0.15) is 0 Å². The van der Waals surface area contributed by atoms with E-state index in [2.05, 4.69) is 12.2 Å². The molecule has 2 rings (SSSR count). The van der Waals surface area contributed by atoms with Crippen LogP contribution in [0.3, 0.4) is 0 Å². The Bertz CT molecular complexity index is 513. The molecular weight excluding hydrogens is 258 g/mol. The largest absolute Gasteiger partial charge is 0.454 e. The van der Waals surface area contributed by atoms with Crippen molar-refractivity contribution in [3.8, 4) is 0 Å². The zero-order valence-electron chi connectivity index (χ0n) is 11.8. The van der Waals surface area contributed by atoms with Gasteiger partial charge in [-0.05, 0) is 31.9 Å². The normalized spacial score (nSPS) is 16.5. The summed E-state index contributed by atoms with van der Waals surface area (Å²) in [6.45, 7) is 4.14. The zero-order valence-corrected chi connectivity index (χ0v) is 11.8. The number of cyclic esters (lactones) is 1. The molecule has 1 atom stereocenters. The third-order valence-corrected chi connectivity index (χ3v) is 3.21. The molecule has 1 N–H and O–H groups in total. The third kappa shape index (κ3) is 3.10. The quantitative estimate of drug-likeness (QED) is 0.834. The SMILES string of the molecule is CCCCC1OC(=O)c2cc(NC(=O)OCC)ccc21. The molecule has 0 saturated heterocycles. The number of ether oxygens (including phenoxy) is 2. The molecule has 5 nitrogen and oxygen atoms in total. The first-order valence-corrected chi connectivity index (χ1v) is 6.94. The maximum Gasteiger partial charge on any atom is 0.411 e. The predicted octanol–water partition coefficient (Wildman–Crippen LogP) is 3.66. The Morgan fingerprint density at radius 1 is 1.40 bits per heavy atom. The Hall–Kier alpha value is -2.04. The molecule has 1 unspecified atom stereocenters. The van der Waals surface area contributed by atoms with Gasteiger partial charge in [0.25, 0.3) is 0 Å². The molecule has 0 aliphatic carbocycles. The molecule has 0 radical (unpaired) electrons. The van der Waals surface area contributed by atoms with Crippen molar-refractivity contribution in [2.75, 3.05) is 11.9 Å². The van der Waals surface area contributed by atoms with Crippen molar-refractivity contribution in [1.29, 1.82) is 0 Å². The fraction of sp³-hybridized carbons (Fsp3) is 0.467. The topological polar surface area (TPSA) is 64.6 Å². The number of rotatable bonds is 5. The van der Waals surface area contributed by atoms with Gasteiger partial charge in [-0.1, -0.05) is 19.4 Å². The van der Waals surface area contributed by atoms with Crippen molar-refractivity contribution in [3.63, 3.8) is 0 Å². The fourth-order valence-electron chi connectivity index (χ4n) is 2.24. The van der Waals surface area contributed by atoms with Crippen LogP contribution in [-0.2, 0) is 9.47 Å². The first-order chi connectivity index (χ1) is 9.65. The van der Waals surface area contributed by atoms with Crippen LogP contribution in [0.15, 0.2) is 18.2 Å². The van der Waals surface area contributed by atoms with E-state index >= 15 is 0 Å². The molecular formula is C15H19NO4. The maximum absolute atomic E-state index is 11.8. The summed E-state index contributed by atoms with van der Waals surface area (Å²) in [5, 5.41) is 2.58. The van der Waals surface area contributed by atoms with Gasteiger partial charge in [-0.3, -0.25) is 5.32 Å². The number of anilines is 1. The number of hydrogen-bond donors (Lipinski definition) is 1. The van der Waals surface area contributed by atoms with Crippen LogP contribution in [0, 0.1) is 0 Å². The monoisotopic (exact) mass is 277 g/mol. The van der Waals surface area contributed by atoms with Crippen molar-refractivity contribution < 1.29 is 19.1 Å². The van der Waals surface area contributed by atoms with Crippen molar-refractivity contribution >= 4 is 17.7 Å². The Morgan fingerprint density at radius 2 is 2.20 bits per heavy atom. The number of carbonyl (C=O) groups is 2. The smallest absolute Gasteiger partial charge is 0.411 e. The van der Waals surface area contributed by atoms with Crippen molar-refractivity contribution in [3.05, 3.63) is 29.3 Å². The summed E-state index contributed by atoms with van der Waals surface area (Å²) in [5.41, 5.74) is 1.97. The first-order valence-electron chi connectivity index (χ1n) is 6.94. The standard InChI is InChI=1S/C15H19NO4/c1-3-5-6-13-11-8-7-10(16-15(18)19-4-2)9-12(11)14(17)20-13/h7-9,13H,3-6H2,1-2H3,(H,16,18). The van der Waals surface area contributed by atoms with Gasteiger partial charge < -0.3 is 9.47 Å².